The summed E-state index contributed by atoms with van der Waals surface area (Å²) in [5.41, 5.74) is -0.622. The minimum Gasteiger partial charge on any atom is -0.481 e. The number of hydrogen-bond donors (Lipinski definition) is 1. The van der Waals surface area contributed by atoms with Crippen LogP contribution < -0.4 is 0 Å². The van der Waals surface area contributed by atoms with Gasteiger partial charge in [-0.2, -0.15) is 0 Å². The predicted molar refractivity (Wildman–Crippen MR) is 68.0 cm³/mol. The average Bonchev–Trinajstić information content (AvgIpc) is 2.24. The lowest BCUT2D eigenvalue weighted by Crippen LogP contribution is -2.25. The zero-order valence-electron chi connectivity index (χ0n) is 11.4. The Labute approximate surface area is 105 Å². The van der Waals surface area contributed by atoms with Crippen molar-refractivity contribution >= 4 is 5.97 Å². The van der Waals surface area contributed by atoms with Crippen LogP contribution in [0.1, 0.15) is 59.3 Å². The van der Waals surface area contributed by atoms with E-state index in [2.05, 4.69) is 6.92 Å². The topological polar surface area (TPSA) is 46.5 Å². The smallest absolute Gasteiger partial charge is 0.309 e. The van der Waals surface area contributed by atoms with Crippen molar-refractivity contribution in [2.45, 2.75) is 65.4 Å². The fourth-order valence-electron chi connectivity index (χ4n) is 2.40. The quantitative estimate of drug-likeness (QED) is 0.725. The van der Waals surface area contributed by atoms with E-state index in [9.17, 15) is 4.79 Å². The second-order valence-corrected chi connectivity index (χ2v) is 6.06. The van der Waals surface area contributed by atoms with Gasteiger partial charge in [0.25, 0.3) is 0 Å². The highest BCUT2D eigenvalue weighted by Gasteiger charge is 2.26. The molecule has 0 aliphatic heterocycles. The molecule has 0 amide bonds. The zero-order chi connectivity index (χ0) is 12.9. The van der Waals surface area contributed by atoms with E-state index in [1.165, 1.54) is 25.7 Å². The van der Waals surface area contributed by atoms with Gasteiger partial charge in [-0.15, -0.1) is 0 Å². The number of carboxylic acid groups (broad SMARTS) is 1. The highest BCUT2D eigenvalue weighted by atomic mass is 16.5. The van der Waals surface area contributed by atoms with Gasteiger partial charge in [-0.05, 0) is 45.4 Å². The van der Waals surface area contributed by atoms with Gasteiger partial charge in [-0.3, -0.25) is 4.79 Å². The summed E-state index contributed by atoms with van der Waals surface area (Å²) < 4.78 is 5.84. The molecule has 0 aromatic rings. The summed E-state index contributed by atoms with van der Waals surface area (Å²) in [4.78, 5) is 10.9. The third kappa shape index (κ3) is 5.07. The third-order valence-electron chi connectivity index (χ3n) is 3.77. The summed E-state index contributed by atoms with van der Waals surface area (Å²) in [6.45, 7) is 6.53. The molecule has 1 aliphatic rings. The zero-order valence-corrected chi connectivity index (χ0v) is 11.4. The molecule has 1 saturated carbocycles. The van der Waals surface area contributed by atoms with Gasteiger partial charge in [0, 0.05) is 6.61 Å². The first-order valence-electron chi connectivity index (χ1n) is 6.77. The van der Waals surface area contributed by atoms with Gasteiger partial charge in [0.05, 0.1) is 11.5 Å². The minimum atomic E-state index is -0.719. The fourth-order valence-corrected chi connectivity index (χ4v) is 2.40. The number of ether oxygens (including phenoxy) is 1. The Morgan fingerprint density at radius 3 is 2.71 bits per heavy atom. The summed E-state index contributed by atoms with van der Waals surface area (Å²) in [6, 6.07) is 0. The van der Waals surface area contributed by atoms with Crippen LogP contribution in [0.5, 0.6) is 0 Å². The molecule has 3 heteroatoms. The van der Waals surface area contributed by atoms with Crippen molar-refractivity contribution in [1.29, 1.82) is 0 Å². The SMILES string of the molecule is CC1CCCC(OCCCC(C)(C)C(=O)O)C1. The molecular weight excluding hydrogens is 216 g/mol. The summed E-state index contributed by atoms with van der Waals surface area (Å²) >= 11 is 0. The number of carbonyl (C=O) groups is 1. The molecule has 0 spiro atoms. The van der Waals surface area contributed by atoms with Gasteiger partial charge >= 0.3 is 5.97 Å². The summed E-state index contributed by atoms with van der Waals surface area (Å²) in [7, 11) is 0. The molecule has 2 atom stereocenters. The molecule has 0 aromatic heterocycles. The van der Waals surface area contributed by atoms with Crippen molar-refractivity contribution in [2.75, 3.05) is 6.61 Å². The Hall–Kier alpha value is -0.570. The van der Waals surface area contributed by atoms with Crippen LogP contribution in [0.2, 0.25) is 0 Å². The first-order valence-corrected chi connectivity index (χ1v) is 6.77. The molecule has 17 heavy (non-hydrogen) atoms. The van der Waals surface area contributed by atoms with Crippen LogP contribution in [0.15, 0.2) is 0 Å². The van der Waals surface area contributed by atoms with Crippen LogP contribution in [0.3, 0.4) is 0 Å². The van der Waals surface area contributed by atoms with E-state index >= 15 is 0 Å². The maximum atomic E-state index is 10.9. The first-order chi connectivity index (χ1) is 7.92. The lowest BCUT2D eigenvalue weighted by Gasteiger charge is -2.27. The van der Waals surface area contributed by atoms with Crippen molar-refractivity contribution in [1.82, 2.24) is 0 Å². The van der Waals surface area contributed by atoms with E-state index in [1.54, 1.807) is 13.8 Å². The molecular formula is C14H26O3. The number of rotatable bonds is 6. The van der Waals surface area contributed by atoms with Crippen LogP contribution >= 0.6 is 0 Å². The first kappa shape index (κ1) is 14.5. The van der Waals surface area contributed by atoms with Crippen LogP contribution in [0, 0.1) is 11.3 Å². The predicted octanol–water partition coefficient (Wildman–Crippen LogP) is 3.47. The Balaban J connectivity index is 2.13. The molecule has 100 valence electrons. The van der Waals surface area contributed by atoms with E-state index in [0.29, 0.717) is 19.1 Å². The van der Waals surface area contributed by atoms with Gasteiger partial charge < -0.3 is 9.84 Å². The molecule has 1 fully saturated rings. The van der Waals surface area contributed by atoms with Gasteiger partial charge in [0.15, 0.2) is 0 Å². The largest absolute Gasteiger partial charge is 0.481 e. The fraction of sp³-hybridized carbons (Fsp3) is 0.929. The summed E-state index contributed by atoms with van der Waals surface area (Å²) in [5.74, 6) is 0.0630. The molecule has 2 unspecified atom stereocenters. The molecule has 1 rings (SSSR count). The van der Waals surface area contributed by atoms with E-state index in [4.69, 9.17) is 9.84 Å². The number of carboxylic acids is 1. The van der Waals surface area contributed by atoms with E-state index in [1.807, 2.05) is 0 Å². The standard InChI is InChI=1S/C14H26O3/c1-11-6-4-7-12(10-11)17-9-5-8-14(2,3)13(15)16/h11-12H,4-10H2,1-3H3,(H,15,16). The normalized spacial score (nSPS) is 25.8. The summed E-state index contributed by atoms with van der Waals surface area (Å²) in [5, 5.41) is 8.98. The van der Waals surface area contributed by atoms with Gasteiger partial charge in [-0.1, -0.05) is 19.8 Å². The molecule has 0 radical (unpaired) electrons. The highest BCUT2D eigenvalue weighted by molar-refractivity contribution is 5.73. The number of hydrogen-bond acceptors (Lipinski definition) is 2. The van der Waals surface area contributed by atoms with E-state index in [-0.39, 0.29) is 0 Å². The lowest BCUT2D eigenvalue weighted by atomic mass is 9.88. The van der Waals surface area contributed by atoms with Gasteiger partial charge in [0.2, 0.25) is 0 Å². The molecule has 3 nitrogen and oxygen atoms in total. The Morgan fingerprint density at radius 1 is 1.41 bits per heavy atom. The van der Waals surface area contributed by atoms with Gasteiger partial charge in [-0.25, -0.2) is 0 Å². The van der Waals surface area contributed by atoms with E-state index in [0.717, 1.165) is 12.3 Å². The van der Waals surface area contributed by atoms with E-state index < -0.39 is 11.4 Å². The Kier molecular flexibility index (Phi) is 5.44. The van der Waals surface area contributed by atoms with Crippen molar-refractivity contribution in [3.63, 3.8) is 0 Å². The Morgan fingerprint density at radius 2 is 2.12 bits per heavy atom. The van der Waals surface area contributed by atoms with Crippen LogP contribution in [-0.2, 0) is 9.53 Å². The van der Waals surface area contributed by atoms with Crippen LogP contribution in [0.25, 0.3) is 0 Å². The van der Waals surface area contributed by atoms with Crippen LogP contribution in [-0.4, -0.2) is 23.8 Å². The Bertz CT molecular complexity index is 248. The second kappa shape index (κ2) is 6.39. The van der Waals surface area contributed by atoms with Crippen molar-refractivity contribution < 1.29 is 14.6 Å². The van der Waals surface area contributed by atoms with Crippen molar-refractivity contribution in [2.24, 2.45) is 11.3 Å². The van der Waals surface area contributed by atoms with Crippen molar-refractivity contribution in [3.8, 4) is 0 Å². The molecule has 0 saturated heterocycles. The van der Waals surface area contributed by atoms with Crippen LogP contribution in [0.4, 0.5) is 0 Å². The molecule has 0 heterocycles. The number of aliphatic carboxylic acids is 1. The molecule has 0 aromatic carbocycles. The average molecular weight is 242 g/mol. The highest BCUT2D eigenvalue weighted by Crippen LogP contribution is 2.27. The molecule has 1 aliphatic carbocycles. The van der Waals surface area contributed by atoms with Crippen molar-refractivity contribution in [3.05, 3.63) is 0 Å². The molecule has 0 bridgehead atoms. The molecule has 1 N–H and O–H groups in total. The van der Waals surface area contributed by atoms with Gasteiger partial charge in [0.1, 0.15) is 0 Å². The maximum absolute atomic E-state index is 10.9. The maximum Gasteiger partial charge on any atom is 0.309 e. The second-order valence-electron chi connectivity index (χ2n) is 6.06. The lowest BCUT2D eigenvalue weighted by molar-refractivity contribution is -0.147. The minimum absolute atomic E-state index is 0.409. The summed E-state index contributed by atoms with van der Waals surface area (Å²) in [6.07, 6.45) is 6.87. The third-order valence-corrected chi connectivity index (χ3v) is 3.77. The monoisotopic (exact) mass is 242 g/mol.